The van der Waals surface area contributed by atoms with Crippen LogP contribution >= 0.6 is 0 Å². The molecule has 7 heteroatoms. The van der Waals surface area contributed by atoms with Crippen LogP contribution in [0.1, 0.15) is 18.5 Å². The molecule has 0 bridgehead atoms. The average Bonchev–Trinajstić information content (AvgIpc) is 2.77. The van der Waals surface area contributed by atoms with Gasteiger partial charge >= 0.3 is 0 Å². The fraction of sp³-hybridized carbons (Fsp3) is 0.700. The number of aromatic amines is 1. The van der Waals surface area contributed by atoms with Crippen molar-refractivity contribution in [2.45, 2.75) is 19.3 Å². The number of hydrogen-bond donors (Lipinski definition) is 3. The van der Waals surface area contributed by atoms with Gasteiger partial charge in [0.1, 0.15) is 0 Å². The van der Waals surface area contributed by atoms with Crippen molar-refractivity contribution in [3.63, 3.8) is 0 Å². The smallest absolute Gasteiger partial charge is 0.211 e. The molecule has 0 saturated carbocycles. The Balaban J connectivity index is 2.16. The van der Waals surface area contributed by atoms with E-state index in [2.05, 4.69) is 20.0 Å². The summed E-state index contributed by atoms with van der Waals surface area (Å²) in [5.74, 6) is 0.192. The molecule has 1 aromatic heterocycles. The molecule has 0 radical (unpaired) electrons. The fourth-order valence-electron chi connectivity index (χ4n) is 1.43. The van der Waals surface area contributed by atoms with Crippen LogP contribution in [0.5, 0.6) is 0 Å². The van der Waals surface area contributed by atoms with Gasteiger partial charge in [-0.2, -0.15) is 0 Å². The van der Waals surface area contributed by atoms with Crippen LogP contribution in [0.2, 0.25) is 0 Å². The topological polar surface area (TPSA) is 86.9 Å². The molecule has 1 rings (SSSR count). The van der Waals surface area contributed by atoms with Crippen molar-refractivity contribution < 1.29 is 8.42 Å². The molecule has 0 saturated heterocycles. The molecule has 0 atom stereocenters. The van der Waals surface area contributed by atoms with Gasteiger partial charge in [-0.05, 0) is 26.4 Å². The first-order chi connectivity index (χ1) is 8.14. The monoisotopic (exact) mass is 260 g/mol. The fourth-order valence-corrected chi connectivity index (χ4v) is 2.57. The number of sulfonamides is 1. The van der Waals surface area contributed by atoms with Crippen molar-refractivity contribution in [2.24, 2.45) is 0 Å². The van der Waals surface area contributed by atoms with Gasteiger partial charge in [-0.3, -0.25) is 0 Å². The molecule has 1 aromatic rings. The van der Waals surface area contributed by atoms with Gasteiger partial charge in [0.05, 0.1) is 12.1 Å². The van der Waals surface area contributed by atoms with Crippen molar-refractivity contribution in [3.8, 4) is 0 Å². The maximum atomic E-state index is 11.6. The molecule has 98 valence electrons. The number of unbranched alkanes of at least 4 members (excludes halogenated alkanes) is 1. The average molecular weight is 260 g/mol. The summed E-state index contributed by atoms with van der Waals surface area (Å²) >= 11 is 0. The second-order valence-corrected chi connectivity index (χ2v) is 5.78. The second-order valence-electron chi connectivity index (χ2n) is 3.85. The number of hydrogen-bond acceptors (Lipinski definition) is 4. The zero-order valence-corrected chi connectivity index (χ0v) is 10.9. The van der Waals surface area contributed by atoms with Gasteiger partial charge in [-0.25, -0.2) is 18.1 Å². The molecule has 0 unspecified atom stereocenters. The summed E-state index contributed by atoms with van der Waals surface area (Å²) in [5, 5.41) is 2.99. The summed E-state index contributed by atoms with van der Waals surface area (Å²) in [7, 11) is -1.27. The summed E-state index contributed by atoms with van der Waals surface area (Å²) in [4.78, 5) is 6.80. The lowest BCUT2D eigenvalue weighted by Crippen LogP contribution is -2.28. The first-order valence-electron chi connectivity index (χ1n) is 5.73. The number of aromatic nitrogens is 2. The van der Waals surface area contributed by atoms with Crippen LogP contribution in [0.3, 0.4) is 0 Å². The molecule has 0 aromatic carbocycles. The SMILES string of the molecule is CNCCCCS(=O)(=O)NCCc1cnc[nH]1. The third-order valence-corrected chi connectivity index (χ3v) is 3.83. The Morgan fingerprint density at radius 3 is 2.82 bits per heavy atom. The van der Waals surface area contributed by atoms with Gasteiger partial charge in [0.25, 0.3) is 0 Å². The highest BCUT2D eigenvalue weighted by atomic mass is 32.2. The summed E-state index contributed by atoms with van der Waals surface area (Å²) in [6.07, 6.45) is 5.47. The van der Waals surface area contributed by atoms with Gasteiger partial charge in [0, 0.05) is 24.9 Å². The summed E-state index contributed by atoms with van der Waals surface area (Å²) in [5.41, 5.74) is 0.933. The van der Waals surface area contributed by atoms with E-state index in [9.17, 15) is 8.42 Å². The molecule has 0 amide bonds. The van der Waals surface area contributed by atoms with Crippen molar-refractivity contribution in [2.75, 3.05) is 25.9 Å². The number of nitrogens with zero attached hydrogens (tertiary/aromatic N) is 1. The minimum absolute atomic E-state index is 0.192. The maximum Gasteiger partial charge on any atom is 0.211 e. The van der Waals surface area contributed by atoms with E-state index in [4.69, 9.17) is 0 Å². The van der Waals surface area contributed by atoms with Crippen molar-refractivity contribution in [3.05, 3.63) is 18.2 Å². The molecule has 0 spiro atoms. The summed E-state index contributed by atoms with van der Waals surface area (Å²) in [6.45, 7) is 1.26. The Bertz CT molecular complexity index is 388. The van der Waals surface area contributed by atoms with Crippen LogP contribution in [0.15, 0.2) is 12.5 Å². The highest BCUT2D eigenvalue weighted by Crippen LogP contribution is 1.95. The highest BCUT2D eigenvalue weighted by molar-refractivity contribution is 7.89. The molecule has 0 fully saturated rings. The highest BCUT2D eigenvalue weighted by Gasteiger charge is 2.08. The zero-order valence-electron chi connectivity index (χ0n) is 10.1. The number of H-pyrrole nitrogens is 1. The molecule has 0 aliphatic carbocycles. The third-order valence-electron chi connectivity index (χ3n) is 2.36. The van der Waals surface area contributed by atoms with Gasteiger partial charge in [-0.15, -0.1) is 0 Å². The van der Waals surface area contributed by atoms with E-state index < -0.39 is 10.0 Å². The molecule has 3 N–H and O–H groups in total. The molecule has 17 heavy (non-hydrogen) atoms. The quantitative estimate of drug-likeness (QED) is 0.540. The Morgan fingerprint density at radius 2 is 2.18 bits per heavy atom. The molecule has 0 aliphatic rings. The largest absolute Gasteiger partial charge is 0.348 e. The van der Waals surface area contributed by atoms with E-state index in [-0.39, 0.29) is 5.75 Å². The Morgan fingerprint density at radius 1 is 1.35 bits per heavy atom. The first-order valence-corrected chi connectivity index (χ1v) is 7.38. The molecular weight excluding hydrogens is 240 g/mol. The minimum Gasteiger partial charge on any atom is -0.348 e. The molecule has 0 aliphatic heterocycles. The summed E-state index contributed by atoms with van der Waals surface area (Å²) in [6, 6.07) is 0. The van der Waals surface area contributed by atoms with E-state index in [1.165, 1.54) is 0 Å². The number of nitrogens with one attached hydrogen (secondary N) is 3. The van der Waals surface area contributed by atoms with Gasteiger partial charge < -0.3 is 10.3 Å². The Kier molecular flexibility index (Phi) is 6.17. The first kappa shape index (κ1) is 14.1. The van der Waals surface area contributed by atoms with Crippen LogP contribution in [-0.2, 0) is 16.4 Å². The van der Waals surface area contributed by atoms with E-state index in [0.29, 0.717) is 19.4 Å². The number of rotatable bonds is 9. The molecular formula is C10H20N4O2S. The van der Waals surface area contributed by atoms with Crippen molar-refractivity contribution in [1.82, 2.24) is 20.0 Å². The second kappa shape index (κ2) is 7.41. The van der Waals surface area contributed by atoms with Crippen LogP contribution < -0.4 is 10.0 Å². The van der Waals surface area contributed by atoms with Crippen LogP contribution in [0, 0.1) is 0 Å². The predicted molar refractivity (Wildman–Crippen MR) is 67.2 cm³/mol. The zero-order chi connectivity index (χ0) is 12.6. The standard InChI is InChI=1S/C10H20N4O2S/c1-11-5-2-3-7-17(15,16)14-6-4-10-8-12-9-13-10/h8-9,11,14H,2-7H2,1H3,(H,12,13). The maximum absolute atomic E-state index is 11.6. The lowest BCUT2D eigenvalue weighted by Gasteiger charge is -2.05. The molecule has 6 nitrogen and oxygen atoms in total. The lowest BCUT2D eigenvalue weighted by molar-refractivity contribution is 0.575. The van der Waals surface area contributed by atoms with E-state index in [1.807, 2.05) is 7.05 Å². The lowest BCUT2D eigenvalue weighted by atomic mass is 10.3. The predicted octanol–water partition coefficient (Wildman–Crippen LogP) is -0.129. The van der Waals surface area contributed by atoms with E-state index >= 15 is 0 Å². The Labute approximate surface area is 102 Å². The normalized spacial score (nSPS) is 11.8. The van der Waals surface area contributed by atoms with Gasteiger partial charge in [0.2, 0.25) is 10.0 Å². The Hall–Kier alpha value is -0.920. The third kappa shape index (κ3) is 6.40. The van der Waals surface area contributed by atoms with Crippen molar-refractivity contribution in [1.29, 1.82) is 0 Å². The minimum atomic E-state index is -3.13. The van der Waals surface area contributed by atoms with Crippen LogP contribution in [0.25, 0.3) is 0 Å². The molecule has 1 heterocycles. The van der Waals surface area contributed by atoms with Crippen LogP contribution in [-0.4, -0.2) is 44.3 Å². The van der Waals surface area contributed by atoms with E-state index in [0.717, 1.165) is 18.7 Å². The van der Waals surface area contributed by atoms with Crippen LogP contribution in [0.4, 0.5) is 0 Å². The van der Waals surface area contributed by atoms with E-state index in [1.54, 1.807) is 12.5 Å². The summed E-state index contributed by atoms with van der Waals surface area (Å²) < 4.78 is 25.7. The number of imidazole rings is 1. The van der Waals surface area contributed by atoms with Crippen molar-refractivity contribution >= 4 is 10.0 Å². The van der Waals surface area contributed by atoms with Gasteiger partial charge in [0.15, 0.2) is 0 Å². The van der Waals surface area contributed by atoms with Gasteiger partial charge in [-0.1, -0.05) is 0 Å².